The van der Waals surface area contributed by atoms with Crippen LogP contribution >= 0.6 is 0 Å². The van der Waals surface area contributed by atoms with Crippen LogP contribution in [0.2, 0.25) is 0 Å². The van der Waals surface area contributed by atoms with E-state index in [0.29, 0.717) is 5.52 Å². The fraction of sp³-hybridized carbons (Fsp3) is 0. The summed E-state index contributed by atoms with van der Waals surface area (Å²) < 4.78 is 26.8. The van der Waals surface area contributed by atoms with Gasteiger partial charge in [-0.1, -0.05) is 30.3 Å². The van der Waals surface area contributed by atoms with Crippen LogP contribution in [0.25, 0.3) is 10.9 Å². The van der Waals surface area contributed by atoms with E-state index in [1.807, 2.05) is 18.2 Å². The van der Waals surface area contributed by atoms with Gasteiger partial charge in [-0.2, -0.15) is 5.10 Å². The van der Waals surface area contributed by atoms with Gasteiger partial charge in [-0.3, -0.25) is 4.79 Å². The molecule has 0 saturated carbocycles. The van der Waals surface area contributed by atoms with E-state index in [2.05, 4.69) is 15.5 Å². The molecule has 1 heterocycles. The zero-order valence-corrected chi connectivity index (χ0v) is 11.8. The van der Waals surface area contributed by atoms with Gasteiger partial charge in [0.05, 0.1) is 17.3 Å². The minimum Gasteiger partial charge on any atom is -0.266 e. The molecule has 0 atom stereocenters. The fourth-order valence-corrected chi connectivity index (χ4v) is 2.04. The standard InChI is InChI=1S/C17H11F2N3O/c18-13-5-3-6-14(19)12(13)10-20-22-17(23)16-9-8-11-4-1-2-7-15(11)21-16/h1-10H,(H,22,23)/b20-10+. The Morgan fingerprint density at radius 3 is 2.52 bits per heavy atom. The minimum absolute atomic E-state index is 0.162. The van der Waals surface area contributed by atoms with Gasteiger partial charge < -0.3 is 0 Å². The van der Waals surface area contributed by atoms with Crippen molar-refractivity contribution in [2.45, 2.75) is 0 Å². The van der Waals surface area contributed by atoms with Gasteiger partial charge in [-0.15, -0.1) is 0 Å². The SMILES string of the molecule is O=C(N/N=C/c1c(F)cccc1F)c1ccc2ccccc2n1. The van der Waals surface area contributed by atoms with Crippen molar-refractivity contribution in [1.29, 1.82) is 0 Å². The van der Waals surface area contributed by atoms with Crippen molar-refractivity contribution >= 4 is 23.0 Å². The number of hydrazone groups is 1. The number of hydrogen-bond donors (Lipinski definition) is 1. The van der Waals surface area contributed by atoms with Crippen molar-refractivity contribution in [1.82, 2.24) is 10.4 Å². The van der Waals surface area contributed by atoms with Crippen LogP contribution in [0.4, 0.5) is 8.78 Å². The quantitative estimate of drug-likeness (QED) is 0.596. The highest BCUT2D eigenvalue weighted by Crippen LogP contribution is 2.12. The summed E-state index contributed by atoms with van der Waals surface area (Å²) in [6, 6.07) is 14.1. The molecule has 3 rings (SSSR count). The van der Waals surface area contributed by atoms with E-state index in [1.54, 1.807) is 18.2 Å². The molecular weight excluding hydrogens is 300 g/mol. The third kappa shape index (κ3) is 3.21. The van der Waals surface area contributed by atoms with E-state index in [1.165, 1.54) is 6.07 Å². The van der Waals surface area contributed by atoms with E-state index in [9.17, 15) is 13.6 Å². The molecule has 23 heavy (non-hydrogen) atoms. The van der Waals surface area contributed by atoms with Gasteiger partial charge in [-0.05, 0) is 24.3 Å². The second kappa shape index (κ2) is 6.31. The third-order valence-corrected chi connectivity index (χ3v) is 3.19. The Hall–Kier alpha value is -3.15. The van der Waals surface area contributed by atoms with Crippen LogP contribution in [0.3, 0.4) is 0 Å². The van der Waals surface area contributed by atoms with Crippen molar-refractivity contribution in [3.05, 3.63) is 77.5 Å². The van der Waals surface area contributed by atoms with Crippen LogP contribution in [-0.4, -0.2) is 17.1 Å². The van der Waals surface area contributed by atoms with Crippen molar-refractivity contribution < 1.29 is 13.6 Å². The van der Waals surface area contributed by atoms with E-state index in [0.717, 1.165) is 23.7 Å². The van der Waals surface area contributed by atoms with Crippen molar-refractivity contribution in [2.75, 3.05) is 0 Å². The molecule has 0 aliphatic carbocycles. The molecule has 0 radical (unpaired) electrons. The van der Waals surface area contributed by atoms with E-state index >= 15 is 0 Å². The van der Waals surface area contributed by atoms with Gasteiger partial charge in [0.2, 0.25) is 0 Å². The number of amides is 1. The average molecular weight is 311 g/mol. The lowest BCUT2D eigenvalue weighted by molar-refractivity contribution is 0.0950. The molecule has 0 saturated heterocycles. The lowest BCUT2D eigenvalue weighted by atomic mass is 10.2. The summed E-state index contributed by atoms with van der Waals surface area (Å²) in [6.07, 6.45) is 0.920. The molecule has 0 bridgehead atoms. The van der Waals surface area contributed by atoms with Crippen LogP contribution in [0.15, 0.2) is 59.7 Å². The summed E-state index contributed by atoms with van der Waals surface area (Å²) in [5.41, 5.74) is 2.71. The number of rotatable bonds is 3. The summed E-state index contributed by atoms with van der Waals surface area (Å²) in [5.74, 6) is -2.08. The largest absolute Gasteiger partial charge is 0.289 e. The van der Waals surface area contributed by atoms with Crippen LogP contribution in [0.5, 0.6) is 0 Å². The van der Waals surface area contributed by atoms with Gasteiger partial charge in [0.15, 0.2) is 0 Å². The second-order valence-corrected chi connectivity index (χ2v) is 4.72. The summed E-state index contributed by atoms with van der Waals surface area (Å²) in [7, 11) is 0. The Kier molecular flexibility index (Phi) is 4.05. The lowest BCUT2D eigenvalue weighted by Crippen LogP contribution is -2.19. The summed E-state index contributed by atoms with van der Waals surface area (Å²) in [4.78, 5) is 16.2. The molecule has 0 fully saturated rings. The number of pyridine rings is 1. The molecule has 1 N–H and O–H groups in total. The number of fused-ring (bicyclic) bond motifs is 1. The molecule has 0 unspecified atom stereocenters. The Morgan fingerprint density at radius 2 is 1.74 bits per heavy atom. The highest BCUT2D eigenvalue weighted by atomic mass is 19.1. The predicted molar refractivity (Wildman–Crippen MR) is 83.2 cm³/mol. The van der Waals surface area contributed by atoms with E-state index in [4.69, 9.17) is 0 Å². The number of nitrogens with zero attached hydrogens (tertiary/aromatic N) is 2. The van der Waals surface area contributed by atoms with Gasteiger partial charge in [0.1, 0.15) is 17.3 Å². The predicted octanol–water partition coefficient (Wildman–Crippen LogP) is 3.28. The number of carbonyl (C=O) groups excluding carboxylic acids is 1. The van der Waals surface area contributed by atoms with Crippen LogP contribution in [0, 0.1) is 11.6 Å². The van der Waals surface area contributed by atoms with Crippen LogP contribution in [-0.2, 0) is 0 Å². The first-order valence-corrected chi connectivity index (χ1v) is 6.78. The maximum atomic E-state index is 13.4. The molecule has 1 amide bonds. The molecule has 1 aromatic heterocycles. The number of para-hydroxylation sites is 1. The summed E-state index contributed by atoms with van der Waals surface area (Å²) >= 11 is 0. The number of nitrogens with one attached hydrogen (secondary N) is 1. The zero-order chi connectivity index (χ0) is 16.2. The average Bonchev–Trinajstić information content (AvgIpc) is 2.57. The molecule has 0 aliphatic heterocycles. The van der Waals surface area contributed by atoms with Gasteiger partial charge in [0, 0.05) is 5.39 Å². The lowest BCUT2D eigenvalue weighted by Gasteiger charge is -2.02. The minimum atomic E-state index is -0.758. The number of hydrogen-bond acceptors (Lipinski definition) is 3. The normalized spacial score (nSPS) is 11.0. The summed E-state index contributed by atoms with van der Waals surface area (Å²) in [5, 5.41) is 4.48. The first-order chi connectivity index (χ1) is 11.1. The van der Waals surface area contributed by atoms with Crippen LogP contribution in [0.1, 0.15) is 16.1 Å². The van der Waals surface area contributed by atoms with E-state index in [-0.39, 0.29) is 11.3 Å². The van der Waals surface area contributed by atoms with Crippen LogP contribution < -0.4 is 5.43 Å². The van der Waals surface area contributed by atoms with E-state index < -0.39 is 17.5 Å². The molecule has 114 valence electrons. The maximum Gasteiger partial charge on any atom is 0.289 e. The van der Waals surface area contributed by atoms with Gasteiger partial charge in [0.25, 0.3) is 5.91 Å². The van der Waals surface area contributed by atoms with Crippen molar-refractivity contribution in [2.24, 2.45) is 5.10 Å². The molecular formula is C17H11F2N3O. The molecule has 2 aromatic carbocycles. The number of benzene rings is 2. The highest BCUT2D eigenvalue weighted by Gasteiger charge is 2.08. The monoisotopic (exact) mass is 311 g/mol. The van der Waals surface area contributed by atoms with Gasteiger partial charge in [-0.25, -0.2) is 19.2 Å². The fourth-order valence-electron chi connectivity index (χ4n) is 2.04. The second-order valence-electron chi connectivity index (χ2n) is 4.72. The number of carbonyl (C=O) groups is 1. The topological polar surface area (TPSA) is 54.4 Å². The van der Waals surface area contributed by atoms with Gasteiger partial charge >= 0.3 is 0 Å². The highest BCUT2D eigenvalue weighted by molar-refractivity contribution is 5.95. The first-order valence-electron chi connectivity index (χ1n) is 6.78. The number of aromatic nitrogens is 1. The molecule has 0 spiro atoms. The third-order valence-electron chi connectivity index (χ3n) is 3.19. The molecule has 0 aliphatic rings. The first kappa shape index (κ1) is 14.8. The molecule has 6 heteroatoms. The Bertz CT molecular complexity index is 889. The zero-order valence-electron chi connectivity index (χ0n) is 11.8. The van der Waals surface area contributed by atoms with Crippen molar-refractivity contribution in [3.8, 4) is 0 Å². The summed E-state index contributed by atoms with van der Waals surface area (Å²) in [6.45, 7) is 0. The Labute approximate surface area is 130 Å². The smallest absolute Gasteiger partial charge is 0.266 e. The molecule has 4 nitrogen and oxygen atoms in total. The Balaban J connectivity index is 1.77. The maximum absolute atomic E-state index is 13.4. The number of halogens is 2. The molecule has 3 aromatic rings. The Morgan fingerprint density at radius 1 is 1.00 bits per heavy atom. The van der Waals surface area contributed by atoms with Crippen molar-refractivity contribution in [3.63, 3.8) is 0 Å².